The summed E-state index contributed by atoms with van der Waals surface area (Å²) in [6.45, 7) is 1.44. The van der Waals surface area contributed by atoms with E-state index in [1.165, 1.54) is 12.1 Å². The van der Waals surface area contributed by atoms with Crippen LogP contribution in [0.25, 0.3) is 0 Å². The molecule has 0 bridgehead atoms. The molecule has 15 heavy (non-hydrogen) atoms. The fraction of sp³-hybridized carbons (Fsp3) is 0.455. The van der Waals surface area contributed by atoms with E-state index in [2.05, 4.69) is 0 Å². The summed E-state index contributed by atoms with van der Waals surface area (Å²) >= 11 is 0. The highest BCUT2D eigenvalue weighted by atomic mass is 19.1. The highest BCUT2D eigenvalue weighted by Gasteiger charge is 2.19. The minimum absolute atomic E-state index is 0.0731. The number of nitrogen functional groups attached to an aromatic ring is 1. The summed E-state index contributed by atoms with van der Waals surface area (Å²) < 4.78 is 27.1. The molecule has 0 aliphatic carbocycles. The molecule has 2 nitrogen and oxygen atoms in total. The molecule has 0 unspecified atom stereocenters. The summed E-state index contributed by atoms with van der Waals surface area (Å²) in [5, 5.41) is 0. The third-order valence-corrected chi connectivity index (χ3v) is 2.71. The molecule has 1 fully saturated rings. The number of benzene rings is 1. The molecule has 82 valence electrons. The Labute approximate surface area is 87.7 Å². The quantitative estimate of drug-likeness (QED) is 0.725. The summed E-state index contributed by atoms with van der Waals surface area (Å²) in [4.78, 5) is 1.76. The topological polar surface area (TPSA) is 29.3 Å². The number of nitrogens with two attached hydrogens (primary N) is 1. The van der Waals surface area contributed by atoms with Gasteiger partial charge >= 0.3 is 0 Å². The van der Waals surface area contributed by atoms with Gasteiger partial charge in [-0.2, -0.15) is 0 Å². The van der Waals surface area contributed by atoms with Crippen molar-refractivity contribution in [2.45, 2.75) is 19.3 Å². The zero-order valence-electron chi connectivity index (χ0n) is 8.47. The van der Waals surface area contributed by atoms with Crippen LogP contribution in [0.2, 0.25) is 0 Å². The second kappa shape index (κ2) is 4.04. The molecule has 1 aliphatic rings. The van der Waals surface area contributed by atoms with E-state index in [1.807, 2.05) is 0 Å². The van der Waals surface area contributed by atoms with E-state index in [9.17, 15) is 8.78 Å². The summed E-state index contributed by atoms with van der Waals surface area (Å²) in [6.07, 6.45) is 3.11. The van der Waals surface area contributed by atoms with Gasteiger partial charge in [0.25, 0.3) is 0 Å². The van der Waals surface area contributed by atoms with Crippen molar-refractivity contribution in [3.63, 3.8) is 0 Å². The molecule has 1 saturated heterocycles. The van der Waals surface area contributed by atoms with Crippen molar-refractivity contribution in [3.05, 3.63) is 23.8 Å². The van der Waals surface area contributed by atoms with E-state index in [4.69, 9.17) is 5.73 Å². The maximum atomic E-state index is 13.5. The van der Waals surface area contributed by atoms with Crippen LogP contribution in [0.3, 0.4) is 0 Å². The molecule has 1 aromatic rings. The van der Waals surface area contributed by atoms with Gasteiger partial charge in [-0.1, -0.05) is 0 Å². The third-order valence-electron chi connectivity index (χ3n) is 2.71. The van der Waals surface area contributed by atoms with Crippen molar-refractivity contribution in [3.8, 4) is 0 Å². The number of hydrogen-bond acceptors (Lipinski definition) is 2. The van der Waals surface area contributed by atoms with Gasteiger partial charge in [-0.25, -0.2) is 8.78 Å². The van der Waals surface area contributed by atoms with Gasteiger partial charge in [0, 0.05) is 18.8 Å². The lowest BCUT2D eigenvalue weighted by Gasteiger charge is -2.29. The van der Waals surface area contributed by atoms with Gasteiger partial charge in [0.2, 0.25) is 0 Å². The van der Waals surface area contributed by atoms with Crippen molar-refractivity contribution in [1.82, 2.24) is 0 Å². The Hall–Kier alpha value is -1.32. The maximum Gasteiger partial charge on any atom is 0.151 e. The van der Waals surface area contributed by atoms with Crippen LogP contribution in [-0.4, -0.2) is 13.1 Å². The largest absolute Gasteiger partial charge is 0.399 e. The summed E-state index contributed by atoms with van der Waals surface area (Å²) in [5.41, 5.74) is 5.56. The second-order valence-corrected chi connectivity index (χ2v) is 3.88. The number of anilines is 2. The molecule has 0 atom stereocenters. The van der Waals surface area contributed by atoms with Crippen molar-refractivity contribution in [2.75, 3.05) is 23.7 Å². The van der Waals surface area contributed by atoms with Crippen LogP contribution in [0.1, 0.15) is 19.3 Å². The van der Waals surface area contributed by atoms with Gasteiger partial charge in [0.05, 0.1) is 0 Å². The van der Waals surface area contributed by atoms with Crippen molar-refractivity contribution in [2.24, 2.45) is 0 Å². The van der Waals surface area contributed by atoms with Gasteiger partial charge in [0.1, 0.15) is 5.69 Å². The van der Waals surface area contributed by atoms with Crippen molar-refractivity contribution in [1.29, 1.82) is 0 Å². The van der Waals surface area contributed by atoms with Crippen LogP contribution in [0.5, 0.6) is 0 Å². The van der Waals surface area contributed by atoms with Gasteiger partial charge in [-0.3, -0.25) is 0 Å². The molecular formula is C11H14F2N2. The highest BCUT2D eigenvalue weighted by Crippen LogP contribution is 2.28. The maximum absolute atomic E-state index is 13.5. The summed E-state index contributed by atoms with van der Waals surface area (Å²) in [5.74, 6) is -1.12. The van der Waals surface area contributed by atoms with E-state index < -0.39 is 11.6 Å². The minimum Gasteiger partial charge on any atom is -0.399 e. The fourth-order valence-corrected chi connectivity index (χ4v) is 2.00. The lowest BCUT2D eigenvalue weighted by atomic mass is 10.1. The Morgan fingerprint density at radius 1 is 1.00 bits per heavy atom. The predicted molar refractivity (Wildman–Crippen MR) is 56.8 cm³/mol. The molecule has 0 amide bonds. The van der Waals surface area contributed by atoms with E-state index in [1.54, 1.807) is 4.90 Å². The van der Waals surface area contributed by atoms with Crippen LogP contribution < -0.4 is 10.6 Å². The van der Waals surface area contributed by atoms with Crippen LogP contribution in [-0.2, 0) is 0 Å². The van der Waals surface area contributed by atoms with Crippen molar-refractivity contribution >= 4 is 11.4 Å². The number of rotatable bonds is 1. The first-order valence-corrected chi connectivity index (χ1v) is 5.18. The Balaban J connectivity index is 2.33. The zero-order chi connectivity index (χ0) is 10.8. The molecule has 0 spiro atoms. The Morgan fingerprint density at radius 3 is 2.07 bits per heavy atom. The summed E-state index contributed by atoms with van der Waals surface area (Å²) in [7, 11) is 0. The molecule has 2 N–H and O–H groups in total. The monoisotopic (exact) mass is 212 g/mol. The normalized spacial score (nSPS) is 16.8. The van der Waals surface area contributed by atoms with Crippen LogP contribution in [0, 0.1) is 11.6 Å². The Morgan fingerprint density at radius 2 is 1.53 bits per heavy atom. The molecule has 1 aliphatic heterocycles. The molecule has 0 radical (unpaired) electrons. The minimum atomic E-state index is -0.561. The molecule has 1 heterocycles. The average molecular weight is 212 g/mol. The Bertz CT molecular complexity index is 337. The Kier molecular flexibility index (Phi) is 2.75. The van der Waals surface area contributed by atoms with Crippen LogP contribution in [0.15, 0.2) is 12.1 Å². The lowest BCUT2D eigenvalue weighted by molar-refractivity contribution is 0.531. The van der Waals surface area contributed by atoms with Gasteiger partial charge in [-0.05, 0) is 31.4 Å². The second-order valence-electron chi connectivity index (χ2n) is 3.88. The number of nitrogens with zero attached hydrogens (tertiary/aromatic N) is 1. The predicted octanol–water partition coefficient (Wildman–Crippen LogP) is 2.54. The van der Waals surface area contributed by atoms with Gasteiger partial charge in [0.15, 0.2) is 11.6 Å². The first-order valence-electron chi connectivity index (χ1n) is 5.18. The van der Waals surface area contributed by atoms with E-state index in [-0.39, 0.29) is 11.4 Å². The molecule has 2 rings (SSSR count). The molecule has 1 aromatic carbocycles. The molecule has 4 heteroatoms. The van der Waals surface area contributed by atoms with Gasteiger partial charge in [-0.15, -0.1) is 0 Å². The fourth-order valence-electron chi connectivity index (χ4n) is 2.00. The molecule has 0 aromatic heterocycles. The van der Waals surface area contributed by atoms with E-state index in [0.29, 0.717) is 0 Å². The first kappa shape index (κ1) is 10.2. The third kappa shape index (κ3) is 2.03. The van der Waals surface area contributed by atoms with Gasteiger partial charge < -0.3 is 10.6 Å². The number of hydrogen-bond donors (Lipinski definition) is 1. The lowest BCUT2D eigenvalue weighted by Crippen LogP contribution is -2.31. The van der Waals surface area contributed by atoms with Crippen LogP contribution >= 0.6 is 0 Å². The first-order chi connectivity index (χ1) is 7.18. The summed E-state index contributed by atoms with van der Waals surface area (Å²) in [6, 6.07) is 2.35. The van der Waals surface area contributed by atoms with E-state index in [0.717, 1.165) is 32.4 Å². The van der Waals surface area contributed by atoms with E-state index >= 15 is 0 Å². The average Bonchev–Trinajstić information content (AvgIpc) is 2.17. The number of halogens is 2. The number of piperidine rings is 1. The molecular weight excluding hydrogens is 198 g/mol. The SMILES string of the molecule is Nc1cc(F)c(N2CCCCC2)c(F)c1. The zero-order valence-corrected chi connectivity index (χ0v) is 8.47. The van der Waals surface area contributed by atoms with Crippen molar-refractivity contribution < 1.29 is 8.78 Å². The van der Waals surface area contributed by atoms with Crippen LogP contribution in [0.4, 0.5) is 20.2 Å². The standard InChI is InChI=1S/C11H14F2N2/c12-9-6-8(14)7-10(13)11(9)15-4-2-1-3-5-15/h6-7H,1-5,14H2. The smallest absolute Gasteiger partial charge is 0.151 e. The molecule has 0 saturated carbocycles. The highest BCUT2D eigenvalue weighted by molar-refractivity contribution is 5.56.